The van der Waals surface area contributed by atoms with Gasteiger partial charge in [-0.1, -0.05) is 26.2 Å². The first kappa shape index (κ1) is 11.6. The highest BCUT2D eigenvalue weighted by atomic mass is 79.9. The number of thiophene rings is 1. The molecule has 0 saturated heterocycles. The first-order chi connectivity index (χ1) is 6.33. The van der Waals surface area contributed by atoms with Crippen LogP contribution in [0.3, 0.4) is 0 Å². The van der Waals surface area contributed by atoms with Crippen molar-refractivity contribution in [3.8, 4) is 0 Å². The summed E-state index contributed by atoms with van der Waals surface area (Å²) in [6.07, 6.45) is 5.45. The van der Waals surface area contributed by atoms with Crippen molar-refractivity contribution < 1.29 is 0 Å². The van der Waals surface area contributed by atoms with Crippen molar-refractivity contribution in [1.82, 2.24) is 0 Å². The normalized spacial score (nSPS) is 10.6. The summed E-state index contributed by atoms with van der Waals surface area (Å²) in [5.74, 6) is 1.27. The third-order valence-electron chi connectivity index (χ3n) is 1.81. The molecule has 1 heterocycles. The quantitative estimate of drug-likeness (QED) is 0.510. The topological polar surface area (TPSA) is 0 Å². The van der Waals surface area contributed by atoms with Crippen LogP contribution in [0.4, 0.5) is 0 Å². The summed E-state index contributed by atoms with van der Waals surface area (Å²) in [6, 6.07) is 2.20. The van der Waals surface area contributed by atoms with Gasteiger partial charge in [0.25, 0.3) is 0 Å². The fourth-order valence-electron chi connectivity index (χ4n) is 1.09. The molecule has 0 aliphatic heterocycles. The molecule has 13 heavy (non-hydrogen) atoms. The SMILES string of the molecule is CCCCCCSc1csc(Br)c1. The lowest BCUT2D eigenvalue weighted by Crippen LogP contribution is -1.79. The van der Waals surface area contributed by atoms with Crippen LogP contribution in [0.25, 0.3) is 0 Å². The fraction of sp³-hybridized carbons (Fsp3) is 0.600. The predicted molar refractivity (Wildman–Crippen MR) is 66.9 cm³/mol. The molecule has 0 fully saturated rings. The van der Waals surface area contributed by atoms with E-state index in [2.05, 4.69) is 34.3 Å². The molecule has 0 radical (unpaired) electrons. The van der Waals surface area contributed by atoms with E-state index in [1.807, 2.05) is 11.8 Å². The molecule has 0 N–H and O–H groups in total. The molecule has 0 saturated carbocycles. The van der Waals surface area contributed by atoms with Crippen molar-refractivity contribution in [3.63, 3.8) is 0 Å². The van der Waals surface area contributed by atoms with Gasteiger partial charge in [-0.3, -0.25) is 0 Å². The maximum Gasteiger partial charge on any atom is 0.0709 e. The third-order valence-corrected chi connectivity index (χ3v) is 4.53. The molecule has 0 aliphatic rings. The molecule has 0 bridgehead atoms. The summed E-state index contributed by atoms with van der Waals surface area (Å²) in [6.45, 7) is 2.25. The number of rotatable bonds is 6. The van der Waals surface area contributed by atoms with Gasteiger partial charge in [0.1, 0.15) is 0 Å². The Bertz CT molecular complexity index is 233. The van der Waals surface area contributed by atoms with Crippen LogP contribution in [0, 0.1) is 0 Å². The van der Waals surface area contributed by atoms with Crippen LogP contribution in [0.1, 0.15) is 32.6 Å². The van der Waals surface area contributed by atoms with Crippen LogP contribution in [0.5, 0.6) is 0 Å². The van der Waals surface area contributed by atoms with Gasteiger partial charge in [0, 0.05) is 10.3 Å². The van der Waals surface area contributed by atoms with Crippen LogP contribution in [-0.4, -0.2) is 5.75 Å². The standard InChI is InChI=1S/C10H15BrS2/c1-2-3-4-5-6-12-9-7-10(11)13-8-9/h7-8H,2-6H2,1H3. The predicted octanol–water partition coefficient (Wildman–Crippen LogP) is 5.18. The number of halogens is 1. The van der Waals surface area contributed by atoms with Gasteiger partial charge >= 0.3 is 0 Å². The number of hydrogen-bond donors (Lipinski definition) is 0. The Hall–Kier alpha value is 0.530. The number of thioether (sulfide) groups is 1. The van der Waals surface area contributed by atoms with Gasteiger partial charge < -0.3 is 0 Å². The molecule has 0 amide bonds. The number of unbranched alkanes of at least 4 members (excludes halogenated alkanes) is 3. The largest absolute Gasteiger partial charge is 0.136 e. The van der Waals surface area contributed by atoms with Crippen LogP contribution < -0.4 is 0 Å². The zero-order valence-corrected chi connectivity index (χ0v) is 11.1. The maximum absolute atomic E-state index is 3.47. The molecule has 0 atom stereocenters. The van der Waals surface area contributed by atoms with Crippen molar-refractivity contribution in [2.45, 2.75) is 37.5 Å². The maximum atomic E-state index is 3.47. The van der Waals surface area contributed by atoms with Gasteiger partial charge in [-0.25, -0.2) is 0 Å². The zero-order chi connectivity index (χ0) is 9.52. The van der Waals surface area contributed by atoms with Gasteiger partial charge in [-0.05, 0) is 34.2 Å². The van der Waals surface area contributed by atoms with Gasteiger partial charge in [0.2, 0.25) is 0 Å². The Labute approximate surface area is 97.3 Å². The average molecular weight is 279 g/mol. The van der Waals surface area contributed by atoms with Crippen LogP contribution >= 0.6 is 39.0 Å². The van der Waals surface area contributed by atoms with Crippen molar-refractivity contribution >= 4 is 39.0 Å². The van der Waals surface area contributed by atoms with E-state index in [1.165, 1.54) is 40.1 Å². The Morgan fingerprint density at radius 3 is 2.85 bits per heavy atom. The summed E-state index contributed by atoms with van der Waals surface area (Å²) in [5.41, 5.74) is 0. The van der Waals surface area contributed by atoms with E-state index in [4.69, 9.17) is 0 Å². The lowest BCUT2D eigenvalue weighted by Gasteiger charge is -1.97. The first-order valence-corrected chi connectivity index (χ1v) is 7.35. The van der Waals surface area contributed by atoms with Crippen LogP contribution in [0.15, 0.2) is 20.1 Å². The van der Waals surface area contributed by atoms with Gasteiger partial charge in [-0.2, -0.15) is 0 Å². The smallest absolute Gasteiger partial charge is 0.0709 e. The molecule has 74 valence electrons. The van der Waals surface area contributed by atoms with Gasteiger partial charge in [-0.15, -0.1) is 23.1 Å². The Morgan fingerprint density at radius 1 is 1.38 bits per heavy atom. The van der Waals surface area contributed by atoms with E-state index >= 15 is 0 Å². The Kier molecular flexibility index (Phi) is 6.16. The summed E-state index contributed by atoms with van der Waals surface area (Å²) in [4.78, 5) is 1.41. The van der Waals surface area contributed by atoms with E-state index in [9.17, 15) is 0 Å². The minimum atomic E-state index is 1.24. The van der Waals surface area contributed by atoms with Crippen LogP contribution in [0.2, 0.25) is 0 Å². The molecular formula is C10H15BrS2. The summed E-state index contributed by atoms with van der Waals surface area (Å²) >= 11 is 7.21. The Morgan fingerprint density at radius 2 is 2.23 bits per heavy atom. The van der Waals surface area contributed by atoms with Crippen LogP contribution in [-0.2, 0) is 0 Å². The van der Waals surface area contributed by atoms with Crippen molar-refractivity contribution in [2.75, 3.05) is 5.75 Å². The Balaban J connectivity index is 2.06. The fourth-order valence-corrected chi connectivity index (χ4v) is 3.54. The lowest BCUT2D eigenvalue weighted by atomic mass is 10.2. The summed E-state index contributed by atoms with van der Waals surface area (Å²) in [5, 5.41) is 2.22. The average Bonchev–Trinajstić information content (AvgIpc) is 2.51. The molecule has 3 heteroatoms. The molecule has 0 unspecified atom stereocenters. The summed E-state index contributed by atoms with van der Waals surface area (Å²) < 4.78 is 1.24. The minimum Gasteiger partial charge on any atom is -0.136 e. The van der Waals surface area contributed by atoms with E-state index < -0.39 is 0 Å². The zero-order valence-electron chi connectivity index (χ0n) is 7.88. The van der Waals surface area contributed by atoms with Gasteiger partial charge in [0.15, 0.2) is 0 Å². The molecule has 0 nitrogen and oxygen atoms in total. The highest BCUT2D eigenvalue weighted by Crippen LogP contribution is 2.28. The second-order valence-corrected chi connectivity index (χ2v) is 6.45. The van der Waals surface area contributed by atoms with E-state index in [0.717, 1.165) is 0 Å². The molecule has 0 aliphatic carbocycles. The minimum absolute atomic E-state index is 1.24. The van der Waals surface area contributed by atoms with Crippen molar-refractivity contribution in [1.29, 1.82) is 0 Å². The van der Waals surface area contributed by atoms with Crippen molar-refractivity contribution in [3.05, 3.63) is 15.2 Å². The highest BCUT2D eigenvalue weighted by molar-refractivity contribution is 9.11. The monoisotopic (exact) mass is 278 g/mol. The molecule has 1 aromatic rings. The molecule has 0 aromatic carbocycles. The van der Waals surface area contributed by atoms with E-state index in [1.54, 1.807) is 11.3 Å². The van der Waals surface area contributed by atoms with Crippen molar-refractivity contribution in [2.24, 2.45) is 0 Å². The molecule has 1 aromatic heterocycles. The number of hydrogen-bond acceptors (Lipinski definition) is 2. The molecule has 1 rings (SSSR count). The lowest BCUT2D eigenvalue weighted by molar-refractivity contribution is 0.706. The molecule has 0 spiro atoms. The second-order valence-electron chi connectivity index (χ2n) is 3.00. The van der Waals surface area contributed by atoms with Gasteiger partial charge in [0.05, 0.1) is 3.79 Å². The summed E-state index contributed by atoms with van der Waals surface area (Å²) in [7, 11) is 0. The van der Waals surface area contributed by atoms with E-state index in [0.29, 0.717) is 0 Å². The second kappa shape index (κ2) is 6.91. The third kappa shape index (κ3) is 5.08. The molecular weight excluding hydrogens is 264 g/mol. The first-order valence-electron chi connectivity index (χ1n) is 4.69. The van der Waals surface area contributed by atoms with E-state index in [-0.39, 0.29) is 0 Å². The highest BCUT2D eigenvalue weighted by Gasteiger charge is 1.97.